The molecule has 142 valence electrons. The van der Waals surface area contributed by atoms with Gasteiger partial charge in [0, 0.05) is 23.5 Å². The fourth-order valence-electron chi connectivity index (χ4n) is 2.88. The molecule has 1 aromatic heterocycles. The van der Waals surface area contributed by atoms with Gasteiger partial charge in [-0.25, -0.2) is 9.97 Å². The summed E-state index contributed by atoms with van der Waals surface area (Å²) in [6.45, 7) is 5.00. The van der Waals surface area contributed by atoms with Crippen molar-refractivity contribution in [2.75, 3.05) is 23.8 Å². The first-order valence-corrected chi connectivity index (χ1v) is 8.96. The van der Waals surface area contributed by atoms with E-state index < -0.39 is 0 Å². The van der Waals surface area contributed by atoms with Crippen LogP contribution in [0.1, 0.15) is 21.6 Å². The third-order valence-electron chi connectivity index (χ3n) is 4.36. The molecule has 7 heteroatoms. The summed E-state index contributed by atoms with van der Waals surface area (Å²) in [7, 11) is 0. The highest BCUT2D eigenvalue weighted by molar-refractivity contribution is 6.03. The standard InChI is InChI=1S/C21H20N4O3/c1-13-3-4-14(2)16(9-13)25-21(26)17-11-20(23-12-22-17)24-15-5-6-18-19(10-15)28-8-7-27-18/h3-6,9-12H,7-8H2,1-2H3,(H,25,26)(H,22,23,24). The first kappa shape index (κ1) is 17.8. The predicted octanol–water partition coefficient (Wildman–Crippen LogP) is 3.86. The molecule has 2 heterocycles. The smallest absolute Gasteiger partial charge is 0.274 e. The molecule has 2 N–H and O–H groups in total. The minimum Gasteiger partial charge on any atom is -0.486 e. The number of carbonyl (C=O) groups is 1. The van der Waals surface area contributed by atoms with Gasteiger partial charge in [0.2, 0.25) is 0 Å². The summed E-state index contributed by atoms with van der Waals surface area (Å²) in [5, 5.41) is 6.07. The van der Waals surface area contributed by atoms with Gasteiger partial charge in [0.25, 0.3) is 5.91 Å². The number of hydrogen-bond donors (Lipinski definition) is 2. The Balaban J connectivity index is 1.51. The number of fused-ring (bicyclic) bond motifs is 1. The normalized spacial score (nSPS) is 12.4. The van der Waals surface area contributed by atoms with E-state index in [4.69, 9.17) is 9.47 Å². The maximum absolute atomic E-state index is 12.6. The van der Waals surface area contributed by atoms with E-state index in [1.54, 1.807) is 6.07 Å². The molecular weight excluding hydrogens is 356 g/mol. The summed E-state index contributed by atoms with van der Waals surface area (Å²) in [5.74, 6) is 1.62. The Morgan fingerprint density at radius 1 is 0.964 bits per heavy atom. The molecule has 2 aromatic carbocycles. The molecule has 0 spiro atoms. The van der Waals surface area contributed by atoms with Gasteiger partial charge in [0.15, 0.2) is 11.5 Å². The fourth-order valence-corrected chi connectivity index (χ4v) is 2.88. The van der Waals surface area contributed by atoms with E-state index in [0.717, 1.165) is 22.5 Å². The zero-order valence-corrected chi connectivity index (χ0v) is 15.7. The Kier molecular flexibility index (Phi) is 4.80. The first-order valence-electron chi connectivity index (χ1n) is 8.96. The van der Waals surface area contributed by atoms with Crippen molar-refractivity contribution in [3.8, 4) is 11.5 Å². The van der Waals surface area contributed by atoms with E-state index in [1.165, 1.54) is 6.33 Å². The molecule has 1 aliphatic heterocycles. The van der Waals surface area contributed by atoms with E-state index in [-0.39, 0.29) is 11.6 Å². The quantitative estimate of drug-likeness (QED) is 0.719. The van der Waals surface area contributed by atoms with Gasteiger partial charge in [-0.05, 0) is 43.2 Å². The van der Waals surface area contributed by atoms with Gasteiger partial charge >= 0.3 is 0 Å². The van der Waals surface area contributed by atoms with Crippen LogP contribution in [0.2, 0.25) is 0 Å². The van der Waals surface area contributed by atoms with Crippen LogP contribution in [0.5, 0.6) is 11.5 Å². The van der Waals surface area contributed by atoms with Gasteiger partial charge in [0.05, 0.1) is 0 Å². The van der Waals surface area contributed by atoms with Gasteiger partial charge in [-0.2, -0.15) is 0 Å². The Labute approximate surface area is 162 Å². The highest BCUT2D eigenvalue weighted by Gasteiger charge is 2.14. The lowest BCUT2D eigenvalue weighted by Crippen LogP contribution is -2.15. The second-order valence-corrected chi connectivity index (χ2v) is 6.54. The molecule has 0 bridgehead atoms. The van der Waals surface area contributed by atoms with Crippen molar-refractivity contribution in [3.63, 3.8) is 0 Å². The molecule has 0 radical (unpaired) electrons. The molecule has 1 aliphatic rings. The highest BCUT2D eigenvalue weighted by atomic mass is 16.6. The molecule has 7 nitrogen and oxygen atoms in total. The summed E-state index contributed by atoms with van der Waals surface area (Å²) in [4.78, 5) is 20.9. The monoisotopic (exact) mass is 376 g/mol. The lowest BCUT2D eigenvalue weighted by Gasteiger charge is -2.19. The summed E-state index contributed by atoms with van der Waals surface area (Å²) in [6.07, 6.45) is 1.36. The zero-order chi connectivity index (χ0) is 19.5. The van der Waals surface area contributed by atoms with Crippen LogP contribution in [-0.2, 0) is 0 Å². The average molecular weight is 376 g/mol. The third kappa shape index (κ3) is 3.88. The second-order valence-electron chi connectivity index (χ2n) is 6.54. The minimum atomic E-state index is -0.290. The zero-order valence-electron chi connectivity index (χ0n) is 15.7. The Bertz CT molecular complexity index is 1040. The number of anilines is 3. The number of carbonyl (C=O) groups excluding carboxylic acids is 1. The van der Waals surface area contributed by atoms with Gasteiger partial charge in [-0.15, -0.1) is 0 Å². The molecular formula is C21H20N4O3. The van der Waals surface area contributed by atoms with Crippen molar-refractivity contribution in [2.45, 2.75) is 13.8 Å². The largest absolute Gasteiger partial charge is 0.486 e. The molecule has 28 heavy (non-hydrogen) atoms. The van der Waals surface area contributed by atoms with Crippen molar-refractivity contribution in [1.29, 1.82) is 0 Å². The van der Waals surface area contributed by atoms with Gasteiger partial charge in [-0.3, -0.25) is 4.79 Å². The molecule has 0 saturated heterocycles. The van der Waals surface area contributed by atoms with E-state index in [9.17, 15) is 4.79 Å². The lowest BCUT2D eigenvalue weighted by atomic mass is 10.1. The van der Waals surface area contributed by atoms with Crippen LogP contribution in [0.4, 0.5) is 17.2 Å². The lowest BCUT2D eigenvalue weighted by molar-refractivity contribution is 0.102. The van der Waals surface area contributed by atoms with Crippen LogP contribution >= 0.6 is 0 Å². The van der Waals surface area contributed by atoms with Crippen LogP contribution in [-0.4, -0.2) is 29.1 Å². The fraction of sp³-hybridized carbons (Fsp3) is 0.190. The van der Waals surface area contributed by atoms with Crippen LogP contribution in [0.3, 0.4) is 0 Å². The predicted molar refractivity (Wildman–Crippen MR) is 107 cm³/mol. The highest BCUT2D eigenvalue weighted by Crippen LogP contribution is 2.33. The Morgan fingerprint density at radius 2 is 1.79 bits per heavy atom. The molecule has 4 rings (SSSR count). The summed E-state index contributed by atoms with van der Waals surface area (Å²) < 4.78 is 11.1. The molecule has 0 fully saturated rings. The molecule has 0 atom stereocenters. The van der Waals surface area contributed by atoms with Crippen molar-refractivity contribution < 1.29 is 14.3 Å². The van der Waals surface area contributed by atoms with Gasteiger partial charge in [0.1, 0.15) is 31.1 Å². The van der Waals surface area contributed by atoms with Crippen LogP contribution < -0.4 is 20.1 Å². The van der Waals surface area contributed by atoms with Crippen LogP contribution in [0.25, 0.3) is 0 Å². The topological polar surface area (TPSA) is 85.4 Å². The molecule has 1 amide bonds. The van der Waals surface area contributed by atoms with Crippen molar-refractivity contribution in [1.82, 2.24) is 9.97 Å². The number of aromatic nitrogens is 2. The number of rotatable bonds is 4. The Hall–Kier alpha value is -3.61. The molecule has 3 aromatic rings. The number of nitrogens with one attached hydrogen (secondary N) is 2. The van der Waals surface area contributed by atoms with Crippen LogP contribution in [0, 0.1) is 13.8 Å². The first-order chi connectivity index (χ1) is 13.6. The number of nitrogens with zero attached hydrogens (tertiary/aromatic N) is 2. The summed E-state index contributed by atoms with van der Waals surface area (Å²) in [6, 6.07) is 13.1. The van der Waals surface area contributed by atoms with E-state index in [0.29, 0.717) is 30.5 Å². The maximum Gasteiger partial charge on any atom is 0.274 e. The number of aryl methyl sites for hydroxylation is 2. The SMILES string of the molecule is Cc1ccc(C)c(NC(=O)c2cc(Nc3ccc4c(c3)OCCO4)ncn2)c1. The number of amides is 1. The summed E-state index contributed by atoms with van der Waals surface area (Å²) >= 11 is 0. The molecule has 0 aliphatic carbocycles. The van der Waals surface area contributed by atoms with Crippen molar-refractivity contribution >= 4 is 23.1 Å². The van der Waals surface area contributed by atoms with E-state index in [2.05, 4.69) is 20.6 Å². The van der Waals surface area contributed by atoms with Crippen LogP contribution in [0.15, 0.2) is 48.8 Å². The third-order valence-corrected chi connectivity index (χ3v) is 4.36. The van der Waals surface area contributed by atoms with Crippen molar-refractivity contribution in [3.05, 3.63) is 65.6 Å². The van der Waals surface area contributed by atoms with Crippen molar-refractivity contribution in [2.24, 2.45) is 0 Å². The maximum atomic E-state index is 12.6. The van der Waals surface area contributed by atoms with E-state index in [1.807, 2.05) is 50.2 Å². The average Bonchev–Trinajstić information content (AvgIpc) is 2.71. The van der Waals surface area contributed by atoms with Gasteiger partial charge in [-0.1, -0.05) is 12.1 Å². The second kappa shape index (κ2) is 7.56. The van der Waals surface area contributed by atoms with Gasteiger partial charge < -0.3 is 20.1 Å². The number of hydrogen-bond acceptors (Lipinski definition) is 6. The Morgan fingerprint density at radius 3 is 2.64 bits per heavy atom. The summed E-state index contributed by atoms with van der Waals surface area (Å²) in [5.41, 5.74) is 3.89. The number of ether oxygens (including phenoxy) is 2. The van der Waals surface area contributed by atoms with E-state index >= 15 is 0 Å². The molecule has 0 unspecified atom stereocenters. The number of benzene rings is 2. The molecule has 0 saturated carbocycles. The minimum absolute atomic E-state index is 0.274.